The van der Waals surface area contributed by atoms with E-state index in [9.17, 15) is 4.39 Å². The van der Waals surface area contributed by atoms with E-state index >= 15 is 0 Å². The molecule has 1 aromatic rings. The van der Waals surface area contributed by atoms with Gasteiger partial charge in [0.2, 0.25) is 0 Å². The highest BCUT2D eigenvalue weighted by Gasteiger charge is 2.13. The zero-order valence-corrected chi connectivity index (χ0v) is 10.8. The van der Waals surface area contributed by atoms with E-state index in [4.69, 9.17) is 15.2 Å². The number of anilines is 1. The van der Waals surface area contributed by atoms with Crippen molar-refractivity contribution in [1.82, 2.24) is 0 Å². The van der Waals surface area contributed by atoms with Gasteiger partial charge in [-0.05, 0) is 19.3 Å². The molecule has 0 aromatic heterocycles. The summed E-state index contributed by atoms with van der Waals surface area (Å²) in [6, 6.07) is 2.71. The highest BCUT2D eigenvalue weighted by Crippen LogP contribution is 2.31. The summed E-state index contributed by atoms with van der Waals surface area (Å²) in [6.07, 6.45) is 0.950. The summed E-state index contributed by atoms with van der Waals surface area (Å²) in [5, 5.41) is 0. The summed E-state index contributed by atoms with van der Waals surface area (Å²) in [7, 11) is 1.41. The quantitative estimate of drug-likeness (QED) is 0.805. The summed E-state index contributed by atoms with van der Waals surface area (Å²) in [6.45, 7) is 6.21. The van der Waals surface area contributed by atoms with Crippen LogP contribution in [0.4, 0.5) is 10.1 Å². The molecule has 1 unspecified atom stereocenters. The fourth-order valence-corrected chi connectivity index (χ4v) is 1.74. The van der Waals surface area contributed by atoms with E-state index in [0.717, 1.165) is 6.42 Å². The molecule has 3 nitrogen and oxygen atoms in total. The number of ether oxygens (including phenoxy) is 2. The standard InChI is InChI=1S/C13H20FNO2/c1-8(2)5-9(3)17-13-7-12(16-4)10(14)6-11(13)15/h6-9H,5,15H2,1-4H3. The molecule has 2 N–H and O–H groups in total. The number of nitrogen functional groups attached to an aromatic ring is 1. The van der Waals surface area contributed by atoms with Crippen molar-refractivity contribution in [2.75, 3.05) is 12.8 Å². The number of halogens is 1. The molecule has 0 heterocycles. The molecule has 0 amide bonds. The second-order valence-corrected chi connectivity index (χ2v) is 4.58. The van der Waals surface area contributed by atoms with E-state index in [1.807, 2.05) is 6.92 Å². The van der Waals surface area contributed by atoms with Crippen LogP contribution in [0.25, 0.3) is 0 Å². The van der Waals surface area contributed by atoms with E-state index in [1.54, 1.807) is 0 Å². The van der Waals surface area contributed by atoms with Gasteiger partial charge < -0.3 is 15.2 Å². The van der Waals surface area contributed by atoms with Crippen molar-refractivity contribution in [3.05, 3.63) is 17.9 Å². The van der Waals surface area contributed by atoms with Crippen LogP contribution in [0, 0.1) is 11.7 Å². The number of rotatable bonds is 5. The summed E-state index contributed by atoms with van der Waals surface area (Å²) < 4.78 is 23.9. The average molecular weight is 241 g/mol. The second-order valence-electron chi connectivity index (χ2n) is 4.58. The first kappa shape index (κ1) is 13.6. The molecule has 0 spiro atoms. The lowest BCUT2D eigenvalue weighted by Crippen LogP contribution is -2.15. The van der Waals surface area contributed by atoms with E-state index in [-0.39, 0.29) is 11.9 Å². The lowest BCUT2D eigenvalue weighted by Gasteiger charge is -2.18. The molecular weight excluding hydrogens is 221 g/mol. The van der Waals surface area contributed by atoms with Crippen molar-refractivity contribution in [2.45, 2.75) is 33.3 Å². The van der Waals surface area contributed by atoms with Crippen LogP contribution in [-0.4, -0.2) is 13.2 Å². The third kappa shape index (κ3) is 3.80. The minimum Gasteiger partial charge on any atom is -0.494 e. The van der Waals surface area contributed by atoms with Gasteiger partial charge in [0, 0.05) is 12.1 Å². The monoisotopic (exact) mass is 241 g/mol. The maximum absolute atomic E-state index is 13.3. The maximum atomic E-state index is 13.3. The molecule has 1 rings (SSSR count). The highest BCUT2D eigenvalue weighted by molar-refractivity contribution is 5.56. The fraction of sp³-hybridized carbons (Fsp3) is 0.538. The van der Waals surface area contributed by atoms with Crippen molar-refractivity contribution in [3.8, 4) is 11.5 Å². The van der Waals surface area contributed by atoms with E-state index in [1.165, 1.54) is 19.2 Å². The normalized spacial score (nSPS) is 12.6. The number of benzene rings is 1. The topological polar surface area (TPSA) is 44.5 Å². The van der Waals surface area contributed by atoms with Crippen LogP contribution in [0.2, 0.25) is 0 Å². The zero-order chi connectivity index (χ0) is 13.0. The minimum atomic E-state index is -0.478. The second kappa shape index (κ2) is 5.75. The SMILES string of the molecule is COc1cc(OC(C)CC(C)C)c(N)cc1F. The molecular formula is C13H20FNO2. The van der Waals surface area contributed by atoms with Gasteiger partial charge >= 0.3 is 0 Å². The van der Waals surface area contributed by atoms with Gasteiger partial charge in [0.05, 0.1) is 18.9 Å². The molecule has 0 fully saturated rings. The van der Waals surface area contributed by atoms with Crippen LogP contribution in [0.3, 0.4) is 0 Å². The third-order valence-corrected chi connectivity index (χ3v) is 2.42. The van der Waals surface area contributed by atoms with Crippen molar-refractivity contribution in [1.29, 1.82) is 0 Å². The molecule has 96 valence electrons. The number of hydrogen-bond donors (Lipinski definition) is 1. The van der Waals surface area contributed by atoms with Crippen molar-refractivity contribution in [3.63, 3.8) is 0 Å². The first-order valence-electron chi connectivity index (χ1n) is 5.73. The van der Waals surface area contributed by atoms with Crippen molar-refractivity contribution < 1.29 is 13.9 Å². The van der Waals surface area contributed by atoms with Gasteiger partial charge in [-0.2, -0.15) is 0 Å². The van der Waals surface area contributed by atoms with Gasteiger partial charge in [0.25, 0.3) is 0 Å². The van der Waals surface area contributed by atoms with E-state index in [0.29, 0.717) is 17.4 Å². The van der Waals surface area contributed by atoms with Crippen molar-refractivity contribution in [2.24, 2.45) is 5.92 Å². The summed E-state index contributed by atoms with van der Waals surface area (Å²) in [5.41, 5.74) is 5.99. The number of hydrogen-bond acceptors (Lipinski definition) is 3. The molecule has 0 aliphatic carbocycles. The van der Waals surface area contributed by atoms with Gasteiger partial charge in [0.15, 0.2) is 11.6 Å². The summed E-state index contributed by atoms with van der Waals surface area (Å²) in [5.74, 6) is 0.671. The van der Waals surface area contributed by atoms with E-state index in [2.05, 4.69) is 13.8 Å². The summed E-state index contributed by atoms with van der Waals surface area (Å²) >= 11 is 0. The molecule has 0 aliphatic rings. The Morgan fingerprint density at radius 3 is 2.41 bits per heavy atom. The Bertz CT molecular complexity index is 380. The fourth-order valence-electron chi connectivity index (χ4n) is 1.74. The van der Waals surface area contributed by atoms with Gasteiger partial charge in [-0.1, -0.05) is 13.8 Å². The van der Waals surface area contributed by atoms with Gasteiger partial charge in [-0.25, -0.2) is 4.39 Å². The van der Waals surface area contributed by atoms with Crippen LogP contribution in [0.1, 0.15) is 27.2 Å². The Labute approximate surface area is 102 Å². The molecule has 1 aromatic carbocycles. The maximum Gasteiger partial charge on any atom is 0.167 e. The molecule has 4 heteroatoms. The van der Waals surface area contributed by atoms with Crippen LogP contribution in [-0.2, 0) is 0 Å². The number of methoxy groups -OCH3 is 1. The number of nitrogens with two attached hydrogens (primary N) is 1. The molecule has 17 heavy (non-hydrogen) atoms. The van der Waals surface area contributed by atoms with Crippen LogP contribution >= 0.6 is 0 Å². The van der Waals surface area contributed by atoms with Crippen LogP contribution < -0.4 is 15.2 Å². The largest absolute Gasteiger partial charge is 0.494 e. The zero-order valence-electron chi connectivity index (χ0n) is 10.8. The first-order valence-corrected chi connectivity index (χ1v) is 5.73. The van der Waals surface area contributed by atoms with E-state index < -0.39 is 5.82 Å². The van der Waals surface area contributed by atoms with Gasteiger partial charge in [-0.3, -0.25) is 0 Å². The third-order valence-electron chi connectivity index (χ3n) is 2.42. The Morgan fingerprint density at radius 2 is 1.88 bits per heavy atom. The summed E-state index contributed by atoms with van der Waals surface area (Å²) in [4.78, 5) is 0. The molecule has 0 bridgehead atoms. The first-order chi connectivity index (χ1) is 7.93. The predicted molar refractivity (Wildman–Crippen MR) is 66.9 cm³/mol. The smallest absolute Gasteiger partial charge is 0.167 e. The Morgan fingerprint density at radius 1 is 1.24 bits per heavy atom. The van der Waals surface area contributed by atoms with Gasteiger partial charge in [0.1, 0.15) is 5.75 Å². The Balaban J connectivity index is 2.83. The van der Waals surface area contributed by atoms with Crippen LogP contribution in [0.5, 0.6) is 11.5 Å². The molecule has 0 radical (unpaired) electrons. The van der Waals surface area contributed by atoms with Crippen LogP contribution in [0.15, 0.2) is 12.1 Å². The highest BCUT2D eigenvalue weighted by atomic mass is 19.1. The predicted octanol–water partition coefficient (Wildman–Crippen LogP) is 3.23. The molecule has 0 saturated heterocycles. The average Bonchev–Trinajstić information content (AvgIpc) is 2.20. The van der Waals surface area contributed by atoms with Crippen molar-refractivity contribution >= 4 is 5.69 Å². The molecule has 0 aliphatic heterocycles. The molecule has 0 saturated carbocycles. The van der Waals surface area contributed by atoms with Gasteiger partial charge in [-0.15, -0.1) is 0 Å². The minimum absolute atomic E-state index is 0.0347. The Kier molecular flexibility index (Phi) is 4.61. The molecule has 1 atom stereocenters. The lowest BCUT2D eigenvalue weighted by molar-refractivity contribution is 0.193. The lowest BCUT2D eigenvalue weighted by atomic mass is 10.1. The Hall–Kier alpha value is -1.45.